The van der Waals surface area contributed by atoms with Gasteiger partial charge in [-0.3, -0.25) is 14.8 Å². The number of hydrogen-bond donors (Lipinski definition) is 2. The molecule has 11 heteroatoms. The SMILES string of the molecule is O=C(Nc1cccc(C(=O)c2ccc3ncc(-c4cccnc4)nc3c2)c1)Nc1ccc(Cl)c(C(F)(F)F)c1. The number of nitrogens with one attached hydrogen (secondary N) is 2. The molecule has 2 amide bonds. The van der Waals surface area contributed by atoms with Crippen LogP contribution in [-0.4, -0.2) is 26.8 Å². The van der Waals surface area contributed by atoms with Gasteiger partial charge in [0.2, 0.25) is 0 Å². The number of anilines is 2. The van der Waals surface area contributed by atoms with Crippen molar-refractivity contribution in [3.63, 3.8) is 0 Å². The van der Waals surface area contributed by atoms with Gasteiger partial charge in [-0.1, -0.05) is 23.7 Å². The largest absolute Gasteiger partial charge is 0.417 e. The molecule has 0 atom stereocenters. The number of alkyl halides is 3. The van der Waals surface area contributed by atoms with Crippen molar-refractivity contribution in [2.24, 2.45) is 0 Å². The summed E-state index contributed by atoms with van der Waals surface area (Å²) in [5.74, 6) is -0.318. The van der Waals surface area contributed by atoms with Gasteiger partial charge in [-0.05, 0) is 60.7 Å². The molecule has 0 aliphatic rings. The summed E-state index contributed by atoms with van der Waals surface area (Å²) in [6, 6.07) is 17.0. The van der Waals surface area contributed by atoms with Crippen LogP contribution in [0.25, 0.3) is 22.3 Å². The molecule has 39 heavy (non-hydrogen) atoms. The Bertz CT molecular complexity index is 1710. The van der Waals surface area contributed by atoms with Crippen LogP contribution >= 0.6 is 11.6 Å². The first-order valence-corrected chi connectivity index (χ1v) is 11.8. The van der Waals surface area contributed by atoms with E-state index >= 15 is 0 Å². The van der Waals surface area contributed by atoms with Crippen molar-refractivity contribution in [2.45, 2.75) is 6.18 Å². The lowest BCUT2D eigenvalue weighted by Gasteiger charge is -2.12. The second-order valence-electron chi connectivity index (χ2n) is 8.38. The van der Waals surface area contributed by atoms with Crippen LogP contribution < -0.4 is 10.6 Å². The van der Waals surface area contributed by atoms with E-state index in [2.05, 4.69) is 25.6 Å². The van der Waals surface area contributed by atoms with Crippen LogP contribution in [0.2, 0.25) is 5.02 Å². The molecule has 0 spiro atoms. The number of ketones is 1. The molecule has 0 aliphatic carbocycles. The number of fused-ring (bicyclic) bond motifs is 1. The van der Waals surface area contributed by atoms with E-state index in [9.17, 15) is 22.8 Å². The third kappa shape index (κ3) is 5.86. The summed E-state index contributed by atoms with van der Waals surface area (Å²) in [5, 5.41) is 4.38. The monoisotopic (exact) mass is 547 g/mol. The first kappa shape index (κ1) is 25.8. The van der Waals surface area contributed by atoms with E-state index in [1.807, 2.05) is 6.07 Å². The summed E-state index contributed by atoms with van der Waals surface area (Å²) in [4.78, 5) is 38.8. The predicted octanol–water partition coefficient (Wildman–Crippen LogP) is 7.24. The van der Waals surface area contributed by atoms with Gasteiger partial charge in [0.15, 0.2) is 5.78 Å². The molecular weight excluding hydrogens is 531 g/mol. The average molecular weight is 548 g/mol. The minimum Gasteiger partial charge on any atom is -0.308 e. The van der Waals surface area contributed by atoms with Crippen LogP contribution in [0.1, 0.15) is 21.5 Å². The molecule has 0 bridgehead atoms. The fourth-order valence-electron chi connectivity index (χ4n) is 3.82. The Labute approximate surface area is 224 Å². The quantitative estimate of drug-likeness (QED) is 0.226. The van der Waals surface area contributed by atoms with E-state index in [1.54, 1.807) is 61.1 Å². The van der Waals surface area contributed by atoms with E-state index in [0.717, 1.165) is 17.7 Å². The van der Waals surface area contributed by atoms with Crippen LogP contribution in [0, 0.1) is 0 Å². The van der Waals surface area contributed by atoms with Crippen molar-refractivity contribution in [2.75, 3.05) is 10.6 Å². The summed E-state index contributed by atoms with van der Waals surface area (Å²) in [6.45, 7) is 0. The molecule has 5 aromatic rings. The van der Waals surface area contributed by atoms with Crippen LogP contribution in [0.3, 0.4) is 0 Å². The average Bonchev–Trinajstić information content (AvgIpc) is 2.93. The lowest BCUT2D eigenvalue weighted by atomic mass is 10.0. The molecule has 0 unspecified atom stereocenters. The van der Waals surface area contributed by atoms with Crippen LogP contribution in [-0.2, 0) is 6.18 Å². The fourth-order valence-corrected chi connectivity index (χ4v) is 4.05. The molecule has 0 saturated heterocycles. The van der Waals surface area contributed by atoms with Gasteiger partial charge >= 0.3 is 12.2 Å². The summed E-state index contributed by atoms with van der Waals surface area (Å²) < 4.78 is 39.3. The number of halogens is 4. The number of pyridine rings is 1. The number of benzene rings is 3. The maximum atomic E-state index is 13.2. The summed E-state index contributed by atoms with van der Waals surface area (Å²) in [5.41, 5.74) is 2.29. The van der Waals surface area contributed by atoms with Gasteiger partial charge in [0.1, 0.15) is 0 Å². The molecule has 0 fully saturated rings. The first-order valence-electron chi connectivity index (χ1n) is 11.4. The molecule has 0 aliphatic heterocycles. The smallest absolute Gasteiger partial charge is 0.308 e. The second kappa shape index (κ2) is 10.5. The van der Waals surface area contributed by atoms with Gasteiger partial charge < -0.3 is 10.6 Å². The van der Waals surface area contributed by atoms with Gasteiger partial charge in [0.25, 0.3) is 0 Å². The summed E-state index contributed by atoms with van der Waals surface area (Å²) >= 11 is 5.62. The van der Waals surface area contributed by atoms with Gasteiger partial charge in [0, 0.05) is 40.5 Å². The number of urea groups is 1. The molecule has 2 heterocycles. The van der Waals surface area contributed by atoms with E-state index < -0.39 is 22.8 Å². The molecular formula is C28H17ClF3N5O2. The predicted molar refractivity (Wildman–Crippen MR) is 142 cm³/mol. The van der Waals surface area contributed by atoms with Crippen molar-refractivity contribution < 1.29 is 22.8 Å². The highest BCUT2D eigenvalue weighted by Crippen LogP contribution is 2.36. The topological polar surface area (TPSA) is 96.9 Å². The first-order chi connectivity index (χ1) is 18.7. The molecule has 5 rings (SSSR count). The maximum absolute atomic E-state index is 13.2. The van der Waals surface area contributed by atoms with Crippen LogP contribution in [0.15, 0.2) is 91.4 Å². The molecule has 3 aromatic carbocycles. The van der Waals surface area contributed by atoms with Gasteiger partial charge in [-0.15, -0.1) is 0 Å². The molecule has 2 N–H and O–H groups in total. The molecule has 2 aromatic heterocycles. The normalized spacial score (nSPS) is 11.3. The van der Waals surface area contributed by atoms with E-state index in [-0.39, 0.29) is 22.7 Å². The standard InChI is InChI=1S/C28H17ClF3N5O2/c29-22-8-7-20(13-21(22)28(30,31)32)36-27(39)35-19-5-1-3-16(11-19)26(38)17-6-9-23-24(12-17)37-25(15-34-23)18-4-2-10-33-14-18/h1-15H,(H2,35,36,39). The maximum Gasteiger partial charge on any atom is 0.417 e. The van der Waals surface area contributed by atoms with E-state index in [1.165, 1.54) is 12.1 Å². The Hall–Kier alpha value is -4.83. The zero-order valence-electron chi connectivity index (χ0n) is 19.8. The van der Waals surface area contributed by atoms with Crippen LogP contribution in [0.5, 0.6) is 0 Å². The highest BCUT2D eigenvalue weighted by molar-refractivity contribution is 6.31. The van der Waals surface area contributed by atoms with Crippen LogP contribution in [0.4, 0.5) is 29.3 Å². The van der Waals surface area contributed by atoms with E-state index in [4.69, 9.17) is 11.6 Å². The number of carbonyl (C=O) groups excluding carboxylic acids is 2. The number of aromatic nitrogens is 3. The Kier molecular flexibility index (Phi) is 6.95. The van der Waals surface area contributed by atoms with Crippen molar-refractivity contribution in [1.82, 2.24) is 15.0 Å². The number of carbonyl (C=O) groups is 2. The third-order valence-electron chi connectivity index (χ3n) is 5.67. The number of rotatable bonds is 5. The lowest BCUT2D eigenvalue weighted by Crippen LogP contribution is -2.20. The summed E-state index contributed by atoms with van der Waals surface area (Å²) in [6.07, 6.45) is 0.286. The number of hydrogen-bond acceptors (Lipinski definition) is 5. The Morgan fingerprint density at radius 2 is 1.56 bits per heavy atom. The molecule has 7 nitrogen and oxygen atoms in total. The van der Waals surface area contributed by atoms with Gasteiger partial charge in [-0.25, -0.2) is 9.78 Å². The zero-order valence-corrected chi connectivity index (χ0v) is 20.6. The third-order valence-corrected chi connectivity index (χ3v) is 6.00. The van der Waals surface area contributed by atoms with Gasteiger partial charge in [0.05, 0.1) is 33.5 Å². The molecule has 0 saturated carbocycles. The molecule has 0 radical (unpaired) electrons. The van der Waals surface area contributed by atoms with Crippen molar-refractivity contribution in [1.29, 1.82) is 0 Å². The second-order valence-corrected chi connectivity index (χ2v) is 8.79. The highest BCUT2D eigenvalue weighted by Gasteiger charge is 2.33. The highest BCUT2D eigenvalue weighted by atomic mass is 35.5. The number of nitrogens with zero attached hydrogens (tertiary/aromatic N) is 3. The fraction of sp³-hybridized carbons (Fsp3) is 0.0357. The van der Waals surface area contributed by atoms with Crippen molar-refractivity contribution in [3.8, 4) is 11.3 Å². The molecule has 194 valence electrons. The minimum absolute atomic E-state index is 0.0978. The Morgan fingerprint density at radius 3 is 2.31 bits per heavy atom. The van der Waals surface area contributed by atoms with Crippen molar-refractivity contribution >= 4 is 45.8 Å². The van der Waals surface area contributed by atoms with E-state index in [0.29, 0.717) is 22.3 Å². The Balaban J connectivity index is 1.34. The summed E-state index contributed by atoms with van der Waals surface area (Å²) in [7, 11) is 0. The van der Waals surface area contributed by atoms with Gasteiger partial charge in [-0.2, -0.15) is 13.2 Å². The Morgan fingerprint density at radius 1 is 0.795 bits per heavy atom. The number of amides is 2. The van der Waals surface area contributed by atoms with Crippen molar-refractivity contribution in [3.05, 3.63) is 113 Å². The zero-order chi connectivity index (χ0) is 27.6. The minimum atomic E-state index is -4.67. The lowest BCUT2D eigenvalue weighted by molar-refractivity contribution is -0.137.